The molecule has 6 heteroatoms. The summed E-state index contributed by atoms with van der Waals surface area (Å²) < 4.78 is 6.17. The van der Waals surface area contributed by atoms with Crippen LogP contribution in [0, 0.1) is 6.92 Å². The molecule has 1 aromatic carbocycles. The molecule has 0 aliphatic carbocycles. The number of ether oxygens (including phenoxy) is 1. The zero-order valence-electron chi connectivity index (χ0n) is 12.7. The molecule has 3 rings (SSSR count). The van der Waals surface area contributed by atoms with Crippen LogP contribution >= 0.6 is 0 Å². The van der Waals surface area contributed by atoms with E-state index in [4.69, 9.17) is 10.5 Å². The van der Waals surface area contributed by atoms with E-state index < -0.39 is 5.97 Å². The number of carbonyl (C=O) groups excluding carboxylic acids is 1. The number of nitrogen functional groups attached to an aromatic ring is 1. The molecule has 0 radical (unpaired) electrons. The first kappa shape index (κ1) is 14.8. The van der Waals surface area contributed by atoms with E-state index in [-0.39, 0.29) is 11.1 Å². The number of para-hydroxylation sites is 2. The zero-order chi connectivity index (χ0) is 16.6. The molecule has 0 amide bonds. The van der Waals surface area contributed by atoms with Crippen LogP contribution in [0.4, 0.5) is 5.69 Å². The van der Waals surface area contributed by atoms with E-state index in [2.05, 4.69) is 4.98 Å². The molecule has 0 aliphatic rings. The number of nitrogens with zero attached hydrogens (tertiary/aromatic N) is 2. The summed E-state index contributed by atoms with van der Waals surface area (Å²) in [5.74, 6) is -0.522. The molecule has 0 saturated heterocycles. The Labute approximate surface area is 132 Å². The van der Waals surface area contributed by atoms with Crippen molar-refractivity contribution < 1.29 is 9.53 Å². The molecule has 0 saturated carbocycles. The van der Waals surface area contributed by atoms with Gasteiger partial charge >= 0.3 is 5.97 Å². The third kappa shape index (κ3) is 2.44. The van der Waals surface area contributed by atoms with Gasteiger partial charge in [0.05, 0.1) is 40.6 Å². The third-order valence-electron chi connectivity index (χ3n) is 3.67. The van der Waals surface area contributed by atoms with Gasteiger partial charge in [-0.25, -0.2) is 4.79 Å². The average Bonchev–Trinajstić information content (AvgIpc) is 2.55. The monoisotopic (exact) mass is 309 g/mol. The Bertz CT molecular complexity index is 976. The fourth-order valence-electron chi connectivity index (χ4n) is 2.48. The molecule has 23 heavy (non-hydrogen) atoms. The normalized spacial score (nSPS) is 10.7. The van der Waals surface area contributed by atoms with Gasteiger partial charge in [-0.05, 0) is 31.2 Å². The molecule has 2 aromatic heterocycles. The minimum absolute atomic E-state index is 0.274. The molecular formula is C17H15N3O3. The average molecular weight is 309 g/mol. The second-order valence-electron chi connectivity index (χ2n) is 5.10. The summed E-state index contributed by atoms with van der Waals surface area (Å²) in [6.45, 7) is 1.70. The lowest BCUT2D eigenvalue weighted by molar-refractivity contribution is 0.0599. The van der Waals surface area contributed by atoms with E-state index in [0.29, 0.717) is 28.0 Å². The number of anilines is 1. The SMILES string of the molecule is COC(=O)c1cc2c(=O)n(-c3ccccc3N)ccc2nc1C. The van der Waals surface area contributed by atoms with Gasteiger partial charge in [-0.1, -0.05) is 12.1 Å². The predicted molar refractivity (Wildman–Crippen MR) is 87.8 cm³/mol. The lowest BCUT2D eigenvalue weighted by Crippen LogP contribution is -2.20. The van der Waals surface area contributed by atoms with Crippen LogP contribution in [0.1, 0.15) is 16.1 Å². The smallest absolute Gasteiger partial charge is 0.339 e. The Morgan fingerprint density at radius 1 is 1.26 bits per heavy atom. The lowest BCUT2D eigenvalue weighted by Gasteiger charge is -2.11. The summed E-state index contributed by atoms with van der Waals surface area (Å²) in [6.07, 6.45) is 1.63. The summed E-state index contributed by atoms with van der Waals surface area (Å²) in [6, 6.07) is 10.3. The highest BCUT2D eigenvalue weighted by atomic mass is 16.5. The van der Waals surface area contributed by atoms with Crippen LogP contribution < -0.4 is 11.3 Å². The summed E-state index contributed by atoms with van der Waals surface area (Å²) in [4.78, 5) is 28.9. The molecule has 2 heterocycles. The van der Waals surface area contributed by atoms with Crippen molar-refractivity contribution in [1.82, 2.24) is 9.55 Å². The largest absolute Gasteiger partial charge is 0.465 e. The van der Waals surface area contributed by atoms with E-state index in [1.807, 2.05) is 0 Å². The minimum atomic E-state index is -0.522. The standard InChI is InChI=1S/C17H15N3O3/c1-10-11(17(22)23-2)9-12-14(19-10)7-8-20(16(12)21)15-6-4-3-5-13(15)18/h3-9H,18H2,1-2H3. The van der Waals surface area contributed by atoms with Crippen molar-refractivity contribution in [3.8, 4) is 5.69 Å². The number of pyridine rings is 2. The van der Waals surface area contributed by atoms with Gasteiger partial charge in [0, 0.05) is 6.20 Å². The Balaban J connectivity index is 2.31. The highest BCUT2D eigenvalue weighted by Crippen LogP contribution is 2.18. The lowest BCUT2D eigenvalue weighted by atomic mass is 10.1. The third-order valence-corrected chi connectivity index (χ3v) is 3.67. The van der Waals surface area contributed by atoms with Gasteiger partial charge in [-0.2, -0.15) is 0 Å². The first-order valence-corrected chi connectivity index (χ1v) is 6.99. The number of fused-ring (bicyclic) bond motifs is 1. The number of nitrogens with two attached hydrogens (primary N) is 1. The summed E-state index contributed by atoms with van der Waals surface area (Å²) >= 11 is 0. The molecular weight excluding hydrogens is 294 g/mol. The van der Waals surface area contributed by atoms with Crippen LogP contribution in [-0.2, 0) is 4.74 Å². The number of hydrogen-bond acceptors (Lipinski definition) is 5. The maximum atomic E-state index is 12.8. The topological polar surface area (TPSA) is 87.2 Å². The van der Waals surface area contributed by atoms with Gasteiger partial charge in [0.25, 0.3) is 5.56 Å². The molecule has 0 atom stereocenters. The first-order valence-electron chi connectivity index (χ1n) is 6.99. The molecule has 0 fully saturated rings. The minimum Gasteiger partial charge on any atom is -0.465 e. The number of methoxy groups -OCH3 is 1. The van der Waals surface area contributed by atoms with Crippen LogP contribution in [0.25, 0.3) is 16.6 Å². The van der Waals surface area contributed by atoms with Gasteiger partial charge in [-0.3, -0.25) is 14.3 Å². The highest BCUT2D eigenvalue weighted by Gasteiger charge is 2.15. The van der Waals surface area contributed by atoms with Gasteiger partial charge in [0.15, 0.2) is 0 Å². The van der Waals surface area contributed by atoms with E-state index in [1.165, 1.54) is 17.7 Å². The van der Waals surface area contributed by atoms with Crippen molar-refractivity contribution in [2.45, 2.75) is 6.92 Å². The van der Waals surface area contributed by atoms with Crippen molar-refractivity contribution >= 4 is 22.6 Å². The number of esters is 1. The van der Waals surface area contributed by atoms with Crippen molar-refractivity contribution in [2.75, 3.05) is 12.8 Å². The molecule has 0 unspecified atom stereocenters. The molecule has 3 aromatic rings. The van der Waals surface area contributed by atoms with Gasteiger partial charge < -0.3 is 10.5 Å². The van der Waals surface area contributed by atoms with Crippen LogP contribution in [-0.4, -0.2) is 22.6 Å². The van der Waals surface area contributed by atoms with E-state index >= 15 is 0 Å². The van der Waals surface area contributed by atoms with Gasteiger partial charge in [-0.15, -0.1) is 0 Å². The van der Waals surface area contributed by atoms with Crippen LogP contribution in [0.2, 0.25) is 0 Å². The van der Waals surface area contributed by atoms with Crippen LogP contribution in [0.3, 0.4) is 0 Å². The van der Waals surface area contributed by atoms with E-state index in [9.17, 15) is 9.59 Å². The number of aryl methyl sites for hydroxylation is 1. The molecule has 0 bridgehead atoms. The Morgan fingerprint density at radius 2 is 2.00 bits per heavy atom. The van der Waals surface area contributed by atoms with E-state index in [0.717, 1.165) is 0 Å². The first-order chi connectivity index (χ1) is 11.0. The quantitative estimate of drug-likeness (QED) is 0.578. The van der Waals surface area contributed by atoms with Crippen molar-refractivity contribution in [3.63, 3.8) is 0 Å². The Morgan fingerprint density at radius 3 is 2.70 bits per heavy atom. The van der Waals surface area contributed by atoms with Crippen molar-refractivity contribution in [2.24, 2.45) is 0 Å². The van der Waals surface area contributed by atoms with Crippen LogP contribution in [0.15, 0.2) is 47.4 Å². The van der Waals surface area contributed by atoms with Gasteiger partial charge in [0.1, 0.15) is 0 Å². The maximum Gasteiger partial charge on any atom is 0.339 e. The van der Waals surface area contributed by atoms with Crippen molar-refractivity contribution in [1.29, 1.82) is 0 Å². The highest BCUT2D eigenvalue weighted by molar-refractivity contribution is 5.94. The summed E-state index contributed by atoms with van der Waals surface area (Å²) in [7, 11) is 1.29. The number of hydrogen-bond donors (Lipinski definition) is 1. The summed E-state index contributed by atoms with van der Waals surface area (Å²) in [5.41, 5.74) is 8.03. The predicted octanol–water partition coefficient (Wildman–Crippen LogP) is 2.06. The number of rotatable bonds is 2. The molecule has 116 valence electrons. The molecule has 6 nitrogen and oxygen atoms in total. The van der Waals surface area contributed by atoms with Gasteiger partial charge in [0.2, 0.25) is 0 Å². The Hall–Kier alpha value is -3.15. The second kappa shape index (κ2) is 5.57. The van der Waals surface area contributed by atoms with Crippen molar-refractivity contribution in [3.05, 3.63) is 64.2 Å². The number of carbonyl (C=O) groups is 1. The fourth-order valence-corrected chi connectivity index (χ4v) is 2.48. The number of aromatic nitrogens is 2. The Kier molecular flexibility index (Phi) is 3.57. The fraction of sp³-hybridized carbons (Fsp3) is 0.118. The summed E-state index contributed by atoms with van der Waals surface area (Å²) in [5, 5.41) is 0.335. The molecule has 0 aliphatic heterocycles. The molecule has 0 spiro atoms. The maximum absolute atomic E-state index is 12.8. The zero-order valence-corrected chi connectivity index (χ0v) is 12.7. The van der Waals surface area contributed by atoms with Crippen LogP contribution in [0.5, 0.6) is 0 Å². The second-order valence-corrected chi connectivity index (χ2v) is 5.10. The number of benzene rings is 1. The molecule has 2 N–H and O–H groups in total. The van der Waals surface area contributed by atoms with E-state index in [1.54, 1.807) is 43.5 Å².